The summed E-state index contributed by atoms with van der Waals surface area (Å²) in [6.45, 7) is 3.96. The van der Waals surface area contributed by atoms with Crippen LogP contribution < -0.4 is 4.74 Å². The van der Waals surface area contributed by atoms with Crippen LogP contribution in [0.3, 0.4) is 0 Å². The molecular formula is C16H15NO2S. The smallest absolute Gasteiger partial charge is 0.205 e. The molecule has 4 heteroatoms. The third kappa shape index (κ3) is 2.23. The van der Waals surface area contributed by atoms with Crippen molar-refractivity contribution in [3.8, 4) is 5.75 Å². The number of hydrogen-bond donors (Lipinski definition) is 1. The Morgan fingerprint density at radius 3 is 2.80 bits per heavy atom. The minimum absolute atomic E-state index is 0.0334. The van der Waals surface area contributed by atoms with Crippen LogP contribution in [0.2, 0.25) is 0 Å². The third-order valence-electron chi connectivity index (χ3n) is 3.02. The second kappa shape index (κ2) is 5.13. The van der Waals surface area contributed by atoms with Crippen molar-refractivity contribution in [2.24, 2.45) is 0 Å². The molecule has 2 heterocycles. The molecule has 0 aliphatic carbocycles. The van der Waals surface area contributed by atoms with Gasteiger partial charge in [0, 0.05) is 11.7 Å². The maximum absolute atomic E-state index is 12.6. The van der Waals surface area contributed by atoms with E-state index in [2.05, 4.69) is 4.98 Å². The highest BCUT2D eigenvalue weighted by atomic mass is 32.1. The maximum Gasteiger partial charge on any atom is 0.205 e. The first-order chi connectivity index (χ1) is 9.66. The Labute approximate surface area is 121 Å². The summed E-state index contributed by atoms with van der Waals surface area (Å²) in [4.78, 5) is 16.4. The standard InChI is InChI=1S/C16H15NO2S/c1-10(2)19-13-6-3-5-12-15(13)11(9-17-12)16(18)14-7-4-8-20-14/h3-10,17H,1-2H3. The molecule has 0 spiro atoms. The molecule has 1 aromatic carbocycles. The van der Waals surface area contributed by atoms with E-state index in [0.29, 0.717) is 5.56 Å². The van der Waals surface area contributed by atoms with Gasteiger partial charge in [-0.15, -0.1) is 11.3 Å². The van der Waals surface area contributed by atoms with Crippen molar-refractivity contribution in [2.45, 2.75) is 20.0 Å². The number of ether oxygens (including phenoxy) is 1. The van der Waals surface area contributed by atoms with E-state index in [1.807, 2.05) is 49.6 Å². The number of fused-ring (bicyclic) bond motifs is 1. The average Bonchev–Trinajstić information content (AvgIpc) is 3.07. The zero-order chi connectivity index (χ0) is 14.1. The van der Waals surface area contributed by atoms with Crippen molar-refractivity contribution in [1.82, 2.24) is 4.98 Å². The van der Waals surface area contributed by atoms with Gasteiger partial charge in [0.25, 0.3) is 0 Å². The highest BCUT2D eigenvalue weighted by Gasteiger charge is 2.18. The topological polar surface area (TPSA) is 42.1 Å². The van der Waals surface area contributed by atoms with Crippen LogP contribution in [0.15, 0.2) is 41.9 Å². The van der Waals surface area contributed by atoms with Crippen molar-refractivity contribution >= 4 is 28.0 Å². The van der Waals surface area contributed by atoms with E-state index in [1.54, 1.807) is 6.20 Å². The molecule has 0 aliphatic heterocycles. The second-order valence-corrected chi connectivity index (χ2v) is 5.80. The van der Waals surface area contributed by atoms with E-state index in [0.717, 1.165) is 21.5 Å². The van der Waals surface area contributed by atoms with Gasteiger partial charge in [-0.25, -0.2) is 0 Å². The van der Waals surface area contributed by atoms with Crippen LogP contribution in [0.4, 0.5) is 0 Å². The molecule has 0 atom stereocenters. The molecule has 2 aromatic heterocycles. The zero-order valence-electron chi connectivity index (χ0n) is 11.3. The van der Waals surface area contributed by atoms with Gasteiger partial charge in [0.15, 0.2) is 0 Å². The van der Waals surface area contributed by atoms with Gasteiger partial charge in [-0.1, -0.05) is 12.1 Å². The lowest BCUT2D eigenvalue weighted by molar-refractivity contribution is 0.104. The van der Waals surface area contributed by atoms with Crippen LogP contribution in [0, 0.1) is 0 Å². The Bertz CT molecular complexity index is 741. The molecule has 0 aliphatic rings. The monoisotopic (exact) mass is 285 g/mol. The lowest BCUT2D eigenvalue weighted by Gasteiger charge is -2.11. The highest BCUT2D eigenvalue weighted by molar-refractivity contribution is 7.12. The van der Waals surface area contributed by atoms with Gasteiger partial charge in [-0.05, 0) is 37.4 Å². The summed E-state index contributed by atoms with van der Waals surface area (Å²) < 4.78 is 5.83. The van der Waals surface area contributed by atoms with Gasteiger partial charge < -0.3 is 9.72 Å². The minimum atomic E-state index is 0.0334. The van der Waals surface area contributed by atoms with Crippen molar-refractivity contribution in [3.05, 3.63) is 52.3 Å². The number of aromatic amines is 1. The Hall–Kier alpha value is -2.07. The predicted molar refractivity (Wildman–Crippen MR) is 81.8 cm³/mol. The normalized spacial score (nSPS) is 11.2. The first-order valence-electron chi connectivity index (χ1n) is 6.52. The fraction of sp³-hybridized carbons (Fsp3) is 0.188. The van der Waals surface area contributed by atoms with Crippen LogP contribution >= 0.6 is 11.3 Å². The van der Waals surface area contributed by atoms with Gasteiger partial charge >= 0.3 is 0 Å². The Kier molecular flexibility index (Phi) is 3.32. The Morgan fingerprint density at radius 1 is 1.25 bits per heavy atom. The lowest BCUT2D eigenvalue weighted by atomic mass is 10.1. The number of aromatic nitrogens is 1. The second-order valence-electron chi connectivity index (χ2n) is 4.85. The molecule has 1 N–H and O–H groups in total. The summed E-state index contributed by atoms with van der Waals surface area (Å²) >= 11 is 1.45. The number of carbonyl (C=O) groups excluding carboxylic acids is 1. The molecular weight excluding hydrogens is 270 g/mol. The van der Waals surface area contributed by atoms with Crippen molar-refractivity contribution in [2.75, 3.05) is 0 Å². The molecule has 20 heavy (non-hydrogen) atoms. The quantitative estimate of drug-likeness (QED) is 0.728. The summed E-state index contributed by atoms with van der Waals surface area (Å²) in [5.74, 6) is 0.782. The molecule has 0 unspecified atom stereocenters. The number of H-pyrrole nitrogens is 1. The van der Waals surface area contributed by atoms with E-state index in [4.69, 9.17) is 4.74 Å². The van der Waals surface area contributed by atoms with Crippen molar-refractivity contribution in [3.63, 3.8) is 0 Å². The molecule has 3 aromatic rings. The molecule has 0 fully saturated rings. The summed E-state index contributed by atoms with van der Waals surface area (Å²) in [5.41, 5.74) is 1.58. The fourth-order valence-corrected chi connectivity index (χ4v) is 2.90. The molecule has 0 saturated carbocycles. The molecule has 3 rings (SSSR count). The summed E-state index contributed by atoms with van der Waals surface area (Å²) in [6.07, 6.45) is 1.83. The fourth-order valence-electron chi connectivity index (χ4n) is 2.22. The van der Waals surface area contributed by atoms with Crippen LogP contribution in [0.5, 0.6) is 5.75 Å². The number of hydrogen-bond acceptors (Lipinski definition) is 3. The zero-order valence-corrected chi connectivity index (χ0v) is 12.2. The first kappa shape index (κ1) is 12.9. The van der Waals surface area contributed by atoms with Crippen molar-refractivity contribution < 1.29 is 9.53 Å². The van der Waals surface area contributed by atoms with Gasteiger partial charge in [0.2, 0.25) is 5.78 Å². The van der Waals surface area contributed by atoms with E-state index in [1.165, 1.54) is 11.3 Å². The Morgan fingerprint density at radius 2 is 2.10 bits per heavy atom. The molecule has 0 bridgehead atoms. The van der Waals surface area contributed by atoms with Crippen LogP contribution in [0.25, 0.3) is 10.9 Å². The van der Waals surface area contributed by atoms with Gasteiger partial charge in [0.05, 0.1) is 21.9 Å². The molecule has 0 radical (unpaired) electrons. The van der Waals surface area contributed by atoms with Crippen molar-refractivity contribution in [1.29, 1.82) is 0 Å². The van der Waals surface area contributed by atoms with Crippen LogP contribution in [-0.4, -0.2) is 16.9 Å². The predicted octanol–water partition coefficient (Wildman–Crippen LogP) is 4.25. The Balaban J connectivity index is 2.14. The number of thiophene rings is 1. The van der Waals surface area contributed by atoms with Crippen LogP contribution in [-0.2, 0) is 0 Å². The molecule has 0 saturated heterocycles. The first-order valence-corrected chi connectivity index (χ1v) is 7.39. The van der Waals surface area contributed by atoms with E-state index in [-0.39, 0.29) is 11.9 Å². The van der Waals surface area contributed by atoms with E-state index >= 15 is 0 Å². The van der Waals surface area contributed by atoms with Crippen LogP contribution in [0.1, 0.15) is 29.1 Å². The third-order valence-corrected chi connectivity index (χ3v) is 3.89. The largest absolute Gasteiger partial charge is 0.490 e. The van der Waals surface area contributed by atoms with Gasteiger partial charge in [-0.2, -0.15) is 0 Å². The van der Waals surface area contributed by atoms with Gasteiger partial charge in [-0.3, -0.25) is 4.79 Å². The maximum atomic E-state index is 12.6. The number of nitrogens with one attached hydrogen (secondary N) is 1. The lowest BCUT2D eigenvalue weighted by Crippen LogP contribution is -2.06. The number of carbonyl (C=O) groups is 1. The number of ketones is 1. The minimum Gasteiger partial charge on any atom is -0.490 e. The number of rotatable bonds is 4. The van der Waals surface area contributed by atoms with E-state index < -0.39 is 0 Å². The number of benzene rings is 1. The van der Waals surface area contributed by atoms with E-state index in [9.17, 15) is 4.79 Å². The average molecular weight is 285 g/mol. The molecule has 0 amide bonds. The SMILES string of the molecule is CC(C)Oc1cccc2[nH]cc(C(=O)c3cccs3)c12. The molecule has 3 nitrogen and oxygen atoms in total. The summed E-state index contributed by atoms with van der Waals surface area (Å²) in [7, 11) is 0. The highest BCUT2D eigenvalue weighted by Crippen LogP contribution is 2.31. The summed E-state index contributed by atoms with van der Waals surface area (Å²) in [6, 6.07) is 9.51. The van der Waals surface area contributed by atoms with Gasteiger partial charge in [0.1, 0.15) is 5.75 Å². The summed E-state index contributed by atoms with van der Waals surface area (Å²) in [5, 5.41) is 2.77. The molecule has 102 valence electrons.